The third kappa shape index (κ3) is 5.33. The molecule has 8 nitrogen and oxygen atoms in total. The molecule has 0 aliphatic heterocycles. The van der Waals surface area contributed by atoms with Gasteiger partial charge in [0, 0.05) is 30.1 Å². The molecule has 0 saturated carbocycles. The Morgan fingerprint density at radius 1 is 0.952 bits per heavy atom. The second-order valence-corrected chi connectivity index (χ2v) is 3.89. The summed E-state index contributed by atoms with van der Waals surface area (Å²) in [5.41, 5.74) is -1.38. The molecule has 21 heavy (non-hydrogen) atoms. The summed E-state index contributed by atoms with van der Waals surface area (Å²) in [5, 5.41) is 19.8. The predicted octanol–water partition coefficient (Wildman–Crippen LogP) is 2.96. The van der Waals surface area contributed by atoms with E-state index in [2.05, 4.69) is 4.98 Å². The first kappa shape index (κ1) is 16.2. The van der Waals surface area contributed by atoms with Crippen molar-refractivity contribution in [3.05, 3.63) is 74.6 Å². The average Bonchev–Trinajstić information content (AvgIpc) is 2.49. The molecule has 2 rings (SSSR count). The highest BCUT2D eigenvalue weighted by Gasteiger charge is 2.18. The number of pyridine rings is 1. The van der Waals surface area contributed by atoms with E-state index in [4.69, 9.17) is 11.6 Å². The summed E-state index contributed by atoms with van der Waals surface area (Å²) in [4.78, 5) is 33.6. The number of halogens is 1. The quantitative estimate of drug-likeness (QED) is 0.489. The molecule has 2 aromatic rings. The minimum absolute atomic E-state index is 0.280. The molecule has 9 heteroatoms. The van der Waals surface area contributed by atoms with Crippen LogP contribution in [0.1, 0.15) is 10.4 Å². The Kier molecular flexibility index (Phi) is 5.90. The molecule has 0 atom stereocenters. The van der Waals surface area contributed by atoms with Gasteiger partial charge in [0.1, 0.15) is 0 Å². The standard InChI is InChI=1S/C7H3ClN2O5.C5H5N/c8-7(11)4-1-5(9(12)13)3-6(2-4)10(14)15;1-2-4-6-5-3-1/h1-3H;1-5H. The van der Waals surface area contributed by atoms with Gasteiger partial charge in [-0.1, -0.05) is 6.07 Å². The smallest absolute Gasteiger partial charge is 0.276 e. The van der Waals surface area contributed by atoms with Crippen LogP contribution in [0.4, 0.5) is 11.4 Å². The van der Waals surface area contributed by atoms with Crippen LogP contribution in [0.25, 0.3) is 0 Å². The van der Waals surface area contributed by atoms with Crippen molar-refractivity contribution in [3.8, 4) is 0 Å². The van der Waals surface area contributed by atoms with Crippen molar-refractivity contribution in [2.24, 2.45) is 0 Å². The first-order valence-electron chi connectivity index (χ1n) is 5.40. The number of nitro benzene ring substituents is 2. The number of aromatic nitrogens is 1. The molecule has 108 valence electrons. The zero-order valence-corrected chi connectivity index (χ0v) is 11.1. The number of hydrogen-bond donors (Lipinski definition) is 0. The van der Waals surface area contributed by atoms with Crippen molar-refractivity contribution < 1.29 is 14.6 Å². The van der Waals surface area contributed by atoms with Gasteiger partial charge < -0.3 is 0 Å². The lowest BCUT2D eigenvalue weighted by Gasteiger charge is -1.96. The Morgan fingerprint density at radius 2 is 1.43 bits per heavy atom. The molecule has 1 aromatic heterocycles. The summed E-state index contributed by atoms with van der Waals surface area (Å²) < 4.78 is 0. The van der Waals surface area contributed by atoms with E-state index in [0.717, 1.165) is 18.2 Å². The molecule has 0 N–H and O–H groups in total. The largest absolute Gasteiger partial charge is 0.277 e. The third-order valence-electron chi connectivity index (χ3n) is 2.12. The van der Waals surface area contributed by atoms with E-state index >= 15 is 0 Å². The lowest BCUT2D eigenvalue weighted by atomic mass is 10.2. The molecule has 0 saturated heterocycles. The van der Waals surface area contributed by atoms with E-state index in [0.29, 0.717) is 0 Å². The van der Waals surface area contributed by atoms with Crippen LogP contribution in [0.15, 0.2) is 48.8 Å². The first-order valence-corrected chi connectivity index (χ1v) is 5.78. The number of benzene rings is 1. The van der Waals surface area contributed by atoms with Crippen molar-refractivity contribution in [2.75, 3.05) is 0 Å². The van der Waals surface area contributed by atoms with Crippen molar-refractivity contribution in [1.29, 1.82) is 0 Å². The van der Waals surface area contributed by atoms with Crippen LogP contribution in [0.3, 0.4) is 0 Å². The normalized spacial score (nSPS) is 9.19. The fraction of sp³-hybridized carbons (Fsp3) is 0. The summed E-state index contributed by atoms with van der Waals surface area (Å²) >= 11 is 5.07. The van der Waals surface area contributed by atoms with Gasteiger partial charge >= 0.3 is 0 Å². The molecule has 1 heterocycles. The fourth-order valence-corrected chi connectivity index (χ4v) is 1.34. The first-order chi connectivity index (χ1) is 9.91. The average molecular weight is 310 g/mol. The van der Waals surface area contributed by atoms with Crippen LogP contribution in [-0.2, 0) is 0 Å². The van der Waals surface area contributed by atoms with E-state index in [1.54, 1.807) is 12.4 Å². The van der Waals surface area contributed by atoms with Crippen molar-refractivity contribution >= 4 is 28.2 Å². The zero-order valence-electron chi connectivity index (χ0n) is 10.4. The van der Waals surface area contributed by atoms with Crippen LogP contribution in [0.5, 0.6) is 0 Å². The van der Waals surface area contributed by atoms with Crippen LogP contribution >= 0.6 is 11.6 Å². The van der Waals surface area contributed by atoms with Gasteiger partial charge in [-0.3, -0.25) is 30.0 Å². The lowest BCUT2D eigenvalue weighted by molar-refractivity contribution is -0.394. The van der Waals surface area contributed by atoms with E-state index in [1.807, 2.05) is 18.2 Å². The van der Waals surface area contributed by atoms with Gasteiger partial charge in [-0.15, -0.1) is 0 Å². The van der Waals surface area contributed by atoms with Gasteiger partial charge in [0.2, 0.25) is 0 Å². The number of carbonyl (C=O) groups is 1. The van der Waals surface area contributed by atoms with Gasteiger partial charge in [-0.2, -0.15) is 0 Å². The Labute approximate surface area is 123 Å². The summed E-state index contributed by atoms with van der Waals surface area (Å²) in [6, 6.07) is 8.22. The summed E-state index contributed by atoms with van der Waals surface area (Å²) in [5.74, 6) is 0. The monoisotopic (exact) mass is 309 g/mol. The lowest BCUT2D eigenvalue weighted by Crippen LogP contribution is -1.97. The number of rotatable bonds is 3. The van der Waals surface area contributed by atoms with Crippen LogP contribution in [0.2, 0.25) is 0 Å². The van der Waals surface area contributed by atoms with E-state index in [9.17, 15) is 25.0 Å². The number of nitro groups is 2. The van der Waals surface area contributed by atoms with Gasteiger partial charge in [0.15, 0.2) is 0 Å². The topological polar surface area (TPSA) is 116 Å². The Morgan fingerprint density at radius 3 is 1.67 bits per heavy atom. The van der Waals surface area contributed by atoms with Gasteiger partial charge in [0.05, 0.1) is 15.9 Å². The number of hydrogen-bond acceptors (Lipinski definition) is 6. The molecule has 0 unspecified atom stereocenters. The van der Waals surface area contributed by atoms with Crippen molar-refractivity contribution in [2.45, 2.75) is 0 Å². The van der Waals surface area contributed by atoms with Crippen LogP contribution in [-0.4, -0.2) is 20.1 Å². The van der Waals surface area contributed by atoms with Crippen molar-refractivity contribution in [1.82, 2.24) is 4.98 Å². The Balaban J connectivity index is 0.000000304. The summed E-state index contributed by atoms with van der Waals surface area (Å²) in [6.45, 7) is 0. The number of non-ortho nitro benzene ring substituents is 2. The Hall–Kier alpha value is -2.87. The summed E-state index contributed by atoms with van der Waals surface area (Å²) in [7, 11) is 0. The molecular weight excluding hydrogens is 302 g/mol. The van der Waals surface area contributed by atoms with Crippen LogP contribution in [0, 0.1) is 20.2 Å². The highest BCUT2D eigenvalue weighted by atomic mass is 35.5. The molecule has 0 aliphatic rings. The molecule has 0 aliphatic carbocycles. The second-order valence-electron chi connectivity index (χ2n) is 3.55. The van der Waals surface area contributed by atoms with E-state index in [-0.39, 0.29) is 5.56 Å². The van der Waals surface area contributed by atoms with Crippen LogP contribution < -0.4 is 0 Å². The maximum atomic E-state index is 10.7. The van der Waals surface area contributed by atoms with E-state index < -0.39 is 26.5 Å². The molecule has 0 bridgehead atoms. The fourth-order valence-electron chi connectivity index (χ4n) is 1.23. The number of nitrogens with zero attached hydrogens (tertiary/aromatic N) is 3. The molecule has 0 fully saturated rings. The Bertz CT molecular complexity index is 557. The van der Waals surface area contributed by atoms with Gasteiger partial charge in [-0.05, 0) is 23.7 Å². The highest BCUT2D eigenvalue weighted by molar-refractivity contribution is 6.67. The summed E-state index contributed by atoms with van der Waals surface area (Å²) in [6.07, 6.45) is 3.50. The molecular formula is C12H8ClN3O5. The molecule has 1 aromatic carbocycles. The SMILES string of the molecule is O=C(Cl)c1cc([N+](=O)[O-])cc([N+](=O)[O-])c1.c1ccncc1. The van der Waals surface area contributed by atoms with E-state index in [1.165, 1.54) is 0 Å². The third-order valence-corrected chi connectivity index (χ3v) is 2.34. The highest BCUT2D eigenvalue weighted by Crippen LogP contribution is 2.23. The maximum absolute atomic E-state index is 10.7. The number of carbonyl (C=O) groups excluding carboxylic acids is 1. The zero-order chi connectivity index (χ0) is 15.8. The molecule has 0 radical (unpaired) electrons. The van der Waals surface area contributed by atoms with Gasteiger partial charge in [-0.25, -0.2) is 0 Å². The minimum atomic E-state index is -0.984. The minimum Gasteiger partial charge on any atom is -0.276 e. The molecule has 0 spiro atoms. The predicted molar refractivity (Wildman–Crippen MR) is 74.2 cm³/mol. The molecule has 0 amide bonds. The maximum Gasteiger partial charge on any atom is 0.277 e. The van der Waals surface area contributed by atoms with Crippen molar-refractivity contribution in [3.63, 3.8) is 0 Å². The van der Waals surface area contributed by atoms with Gasteiger partial charge in [0.25, 0.3) is 16.6 Å². The second kappa shape index (κ2) is 7.65.